The van der Waals surface area contributed by atoms with Gasteiger partial charge in [0.2, 0.25) is 5.91 Å². The molecule has 116 valence electrons. The number of para-hydroxylation sites is 2. The highest BCUT2D eigenvalue weighted by Gasteiger charge is 2.17. The van der Waals surface area contributed by atoms with Crippen LogP contribution < -0.4 is 14.8 Å². The van der Waals surface area contributed by atoms with Crippen molar-refractivity contribution in [2.75, 3.05) is 13.7 Å². The molecule has 0 radical (unpaired) electrons. The van der Waals surface area contributed by atoms with Gasteiger partial charge >= 0.3 is 5.97 Å². The molecule has 0 spiro atoms. The molecular weight excluding hydrogens is 274 g/mol. The molecule has 2 atom stereocenters. The van der Waals surface area contributed by atoms with Crippen LogP contribution in [0.2, 0.25) is 0 Å². The molecule has 0 saturated carbocycles. The lowest BCUT2D eigenvalue weighted by atomic mass is 10.1. The van der Waals surface area contributed by atoms with Crippen molar-refractivity contribution in [3.63, 3.8) is 0 Å². The molecule has 6 heteroatoms. The van der Waals surface area contributed by atoms with Crippen LogP contribution in [0.15, 0.2) is 24.3 Å². The summed E-state index contributed by atoms with van der Waals surface area (Å²) in [5, 5.41) is 11.3. The molecule has 2 N–H and O–H groups in total. The van der Waals surface area contributed by atoms with Gasteiger partial charge in [-0.05, 0) is 19.1 Å². The van der Waals surface area contributed by atoms with Gasteiger partial charge in [0.15, 0.2) is 11.5 Å². The van der Waals surface area contributed by atoms with Gasteiger partial charge in [-0.3, -0.25) is 9.59 Å². The van der Waals surface area contributed by atoms with Crippen molar-refractivity contribution in [3.8, 4) is 11.5 Å². The molecule has 0 unspecified atom stereocenters. The van der Waals surface area contributed by atoms with Gasteiger partial charge in [-0.1, -0.05) is 19.1 Å². The number of methoxy groups -OCH3 is 1. The Morgan fingerprint density at radius 1 is 1.24 bits per heavy atom. The number of carbonyl (C=O) groups is 2. The fourth-order valence-corrected chi connectivity index (χ4v) is 1.75. The average Bonchev–Trinajstić information content (AvgIpc) is 2.44. The SMILES string of the molecule is COc1ccccc1O[C@@H](C)CNC(=O)[C@H](C)CC(=O)O. The van der Waals surface area contributed by atoms with E-state index in [1.807, 2.05) is 19.1 Å². The van der Waals surface area contributed by atoms with E-state index in [-0.39, 0.29) is 18.4 Å². The molecule has 0 heterocycles. The maximum absolute atomic E-state index is 11.7. The summed E-state index contributed by atoms with van der Waals surface area (Å²) in [5.41, 5.74) is 0. The molecule has 0 aliphatic rings. The number of carboxylic acid groups (broad SMARTS) is 1. The third-order valence-corrected chi connectivity index (χ3v) is 2.89. The van der Waals surface area contributed by atoms with Crippen molar-refractivity contribution in [3.05, 3.63) is 24.3 Å². The zero-order valence-electron chi connectivity index (χ0n) is 12.5. The van der Waals surface area contributed by atoms with Gasteiger partial charge in [0, 0.05) is 5.92 Å². The Labute approximate surface area is 124 Å². The van der Waals surface area contributed by atoms with E-state index in [0.29, 0.717) is 18.0 Å². The Kier molecular flexibility index (Phi) is 6.52. The smallest absolute Gasteiger partial charge is 0.304 e. The van der Waals surface area contributed by atoms with Crippen molar-refractivity contribution in [1.82, 2.24) is 5.32 Å². The van der Waals surface area contributed by atoms with Gasteiger partial charge in [0.1, 0.15) is 6.10 Å². The van der Waals surface area contributed by atoms with Crippen molar-refractivity contribution < 1.29 is 24.2 Å². The van der Waals surface area contributed by atoms with E-state index in [4.69, 9.17) is 14.6 Å². The number of benzene rings is 1. The Hall–Kier alpha value is -2.24. The second-order valence-electron chi connectivity index (χ2n) is 4.82. The molecule has 0 aliphatic carbocycles. The Morgan fingerprint density at radius 2 is 1.86 bits per heavy atom. The standard InChI is InChI=1S/C15H21NO5/c1-10(8-14(17)18)15(19)16-9-11(2)21-13-7-5-4-6-12(13)20-3/h4-7,10-11H,8-9H2,1-3H3,(H,16,19)(H,17,18)/t10-,11+/m1/s1. The minimum absolute atomic E-state index is 0.187. The lowest BCUT2D eigenvalue weighted by molar-refractivity contribution is -0.140. The molecule has 6 nitrogen and oxygen atoms in total. The third-order valence-electron chi connectivity index (χ3n) is 2.89. The largest absolute Gasteiger partial charge is 0.493 e. The maximum Gasteiger partial charge on any atom is 0.304 e. The quantitative estimate of drug-likeness (QED) is 0.762. The summed E-state index contributed by atoms with van der Waals surface area (Å²) in [4.78, 5) is 22.2. The van der Waals surface area contributed by atoms with Crippen LogP contribution in [0.3, 0.4) is 0 Å². The van der Waals surface area contributed by atoms with Crippen LogP contribution in [0.5, 0.6) is 11.5 Å². The van der Waals surface area contributed by atoms with Crippen LogP contribution in [-0.2, 0) is 9.59 Å². The first kappa shape index (κ1) is 16.8. The zero-order valence-corrected chi connectivity index (χ0v) is 12.5. The maximum atomic E-state index is 11.7. The molecule has 0 saturated heterocycles. The van der Waals surface area contributed by atoms with Gasteiger partial charge < -0.3 is 19.9 Å². The predicted molar refractivity (Wildman–Crippen MR) is 77.5 cm³/mol. The van der Waals surface area contributed by atoms with Gasteiger partial charge in [-0.25, -0.2) is 0 Å². The fourth-order valence-electron chi connectivity index (χ4n) is 1.75. The second-order valence-corrected chi connectivity index (χ2v) is 4.82. The Balaban J connectivity index is 2.45. The summed E-state index contributed by atoms with van der Waals surface area (Å²) < 4.78 is 10.9. The highest BCUT2D eigenvalue weighted by Crippen LogP contribution is 2.26. The Bertz CT molecular complexity index is 489. The number of ether oxygens (including phenoxy) is 2. The van der Waals surface area contributed by atoms with Crippen LogP contribution in [0.1, 0.15) is 20.3 Å². The van der Waals surface area contributed by atoms with E-state index in [2.05, 4.69) is 5.32 Å². The first-order valence-corrected chi connectivity index (χ1v) is 6.73. The van der Waals surface area contributed by atoms with E-state index in [1.165, 1.54) is 0 Å². The third kappa shape index (κ3) is 5.72. The molecule has 1 aromatic carbocycles. The summed E-state index contributed by atoms with van der Waals surface area (Å²) in [6.07, 6.45) is -0.449. The molecule has 0 fully saturated rings. The zero-order chi connectivity index (χ0) is 15.8. The Morgan fingerprint density at radius 3 is 2.43 bits per heavy atom. The number of carbonyl (C=O) groups excluding carboxylic acids is 1. The molecular formula is C15H21NO5. The highest BCUT2D eigenvalue weighted by atomic mass is 16.5. The number of carboxylic acids is 1. The lowest BCUT2D eigenvalue weighted by Gasteiger charge is -2.18. The summed E-state index contributed by atoms with van der Waals surface area (Å²) in [6.45, 7) is 3.69. The van der Waals surface area contributed by atoms with Gasteiger partial charge in [0.25, 0.3) is 0 Å². The van der Waals surface area contributed by atoms with Gasteiger partial charge in [-0.15, -0.1) is 0 Å². The lowest BCUT2D eigenvalue weighted by Crippen LogP contribution is -2.37. The van der Waals surface area contributed by atoms with Crippen LogP contribution >= 0.6 is 0 Å². The van der Waals surface area contributed by atoms with E-state index < -0.39 is 11.9 Å². The second kappa shape index (κ2) is 8.14. The summed E-state index contributed by atoms with van der Waals surface area (Å²) in [5.74, 6) is -0.639. The van der Waals surface area contributed by atoms with Gasteiger partial charge in [-0.2, -0.15) is 0 Å². The predicted octanol–water partition coefficient (Wildman–Crippen LogP) is 1.69. The van der Waals surface area contributed by atoms with Gasteiger partial charge in [0.05, 0.1) is 20.1 Å². The van der Waals surface area contributed by atoms with Crippen LogP contribution in [0.25, 0.3) is 0 Å². The molecule has 0 aromatic heterocycles. The summed E-state index contributed by atoms with van der Waals surface area (Å²) in [7, 11) is 1.56. The average molecular weight is 295 g/mol. The minimum atomic E-state index is -0.990. The number of amides is 1. The fraction of sp³-hybridized carbons (Fsp3) is 0.467. The van der Waals surface area contributed by atoms with E-state index in [1.54, 1.807) is 26.2 Å². The molecule has 0 aliphatic heterocycles. The summed E-state index contributed by atoms with van der Waals surface area (Å²) >= 11 is 0. The molecule has 21 heavy (non-hydrogen) atoms. The molecule has 1 aromatic rings. The minimum Gasteiger partial charge on any atom is -0.493 e. The van der Waals surface area contributed by atoms with E-state index in [0.717, 1.165) is 0 Å². The van der Waals surface area contributed by atoms with Crippen LogP contribution in [0.4, 0.5) is 0 Å². The molecule has 0 bridgehead atoms. The van der Waals surface area contributed by atoms with Crippen molar-refractivity contribution in [2.45, 2.75) is 26.4 Å². The van der Waals surface area contributed by atoms with Crippen molar-refractivity contribution >= 4 is 11.9 Å². The molecule has 1 rings (SSSR count). The first-order valence-electron chi connectivity index (χ1n) is 6.73. The highest BCUT2D eigenvalue weighted by molar-refractivity contribution is 5.82. The number of nitrogens with one attached hydrogen (secondary N) is 1. The van der Waals surface area contributed by atoms with Crippen LogP contribution in [-0.4, -0.2) is 36.7 Å². The van der Waals surface area contributed by atoms with Crippen molar-refractivity contribution in [2.24, 2.45) is 5.92 Å². The summed E-state index contributed by atoms with van der Waals surface area (Å²) in [6, 6.07) is 7.24. The molecule has 1 amide bonds. The van der Waals surface area contributed by atoms with Crippen molar-refractivity contribution in [1.29, 1.82) is 0 Å². The monoisotopic (exact) mass is 295 g/mol. The number of aliphatic carboxylic acids is 1. The van der Waals surface area contributed by atoms with Crippen LogP contribution in [0, 0.1) is 5.92 Å². The van der Waals surface area contributed by atoms with E-state index >= 15 is 0 Å². The first-order chi connectivity index (χ1) is 9.93. The topological polar surface area (TPSA) is 84.9 Å². The number of rotatable bonds is 8. The van der Waals surface area contributed by atoms with E-state index in [9.17, 15) is 9.59 Å². The number of hydrogen-bond donors (Lipinski definition) is 2. The normalized spacial score (nSPS) is 13.1. The number of hydrogen-bond acceptors (Lipinski definition) is 4.